The smallest absolute Gasteiger partial charge is 0.0835 e. The SMILES string of the molecule is CCC(C)C[NH2+]CC(C)C[NH2+]CC(C)CC.CCC(C)C[NH2+]CCCCCC[N+](C)(C)C.CCC(C)C[NH3+].CCCCCCCCCC[NH2+]CC(C)CC.[Cl-].[Cl-].[Cl-].[Cl-].[Cl-].[Cl-]. The minimum absolute atomic E-state index is 0. The first-order chi connectivity index (χ1) is 25.7. The van der Waals surface area contributed by atoms with E-state index in [1.54, 1.807) is 0 Å². The molecule has 0 amide bonds. The molecule has 0 radical (unpaired) electrons. The molecule has 0 aromatic heterocycles. The summed E-state index contributed by atoms with van der Waals surface area (Å²) in [6.45, 7) is 40.5. The molecule has 11 N–H and O–H groups in total. The number of hydrogen-bond donors (Lipinski definition) is 5. The van der Waals surface area contributed by atoms with Crippen LogP contribution in [0.3, 0.4) is 0 Å². The maximum absolute atomic E-state index is 3.76. The van der Waals surface area contributed by atoms with Gasteiger partial charge in [0.1, 0.15) is 0 Å². The molecule has 0 heterocycles. The predicted molar refractivity (Wildman–Crippen MR) is 245 cm³/mol. The quantitative estimate of drug-likeness (QED) is 0.0314. The molecule has 0 fully saturated rings. The van der Waals surface area contributed by atoms with Gasteiger partial charge in [0.2, 0.25) is 0 Å². The van der Waals surface area contributed by atoms with Crippen LogP contribution in [0.2, 0.25) is 0 Å². The van der Waals surface area contributed by atoms with Crippen LogP contribution >= 0.6 is 0 Å². The molecule has 0 aromatic carbocycles. The Labute approximate surface area is 417 Å². The topological polar surface area (TPSA) is 94.1 Å². The molecule has 0 aliphatic carbocycles. The molecule has 60 heavy (non-hydrogen) atoms. The third-order valence-corrected chi connectivity index (χ3v) is 11.6. The highest BCUT2D eigenvalue weighted by Crippen LogP contribution is 2.07. The van der Waals surface area contributed by atoms with Gasteiger partial charge in [-0.2, -0.15) is 0 Å². The second-order valence-corrected chi connectivity index (χ2v) is 19.0. The monoisotopic (exact) mass is 987 g/mol. The average Bonchev–Trinajstić information content (AvgIpc) is 3.16. The Hall–Kier alpha value is 1.50. The molecular weight excluding hydrogens is 873 g/mol. The van der Waals surface area contributed by atoms with Crippen LogP contribution in [0.25, 0.3) is 0 Å². The molecule has 6 nitrogen and oxygen atoms in total. The van der Waals surface area contributed by atoms with Gasteiger partial charge >= 0.3 is 0 Å². The van der Waals surface area contributed by atoms with E-state index in [0.29, 0.717) is 0 Å². The number of halogens is 6. The van der Waals surface area contributed by atoms with Crippen LogP contribution in [0.15, 0.2) is 0 Å². The maximum atomic E-state index is 3.76. The normalized spacial score (nSPS) is 13.2. The number of quaternary nitrogens is 6. The Morgan fingerprint density at radius 1 is 0.350 bits per heavy atom. The van der Waals surface area contributed by atoms with Crippen LogP contribution in [0.1, 0.15) is 192 Å². The van der Waals surface area contributed by atoms with Crippen molar-refractivity contribution in [3.63, 3.8) is 0 Å². The second-order valence-electron chi connectivity index (χ2n) is 19.0. The molecule has 0 saturated carbocycles. The molecule has 12 heteroatoms. The van der Waals surface area contributed by atoms with E-state index >= 15 is 0 Å². The van der Waals surface area contributed by atoms with Crippen molar-refractivity contribution in [2.75, 3.05) is 86.6 Å². The van der Waals surface area contributed by atoms with Gasteiger partial charge in [0, 0.05) is 29.6 Å². The fourth-order valence-corrected chi connectivity index (χ4v) is 5.75. The van der Waals surface area contributed by atoms with Crippen molar-refractivity contribution in [2.45, 2.75) is 192 Å². The van der Waals surface area contributed by atoms with Crippen molar-refractivity contribution in [1.82, 2.24) is 0 Å². The van der Waals surface area contributed by atoms with Gasteiger partial charge in [-0.3, -0.25) is 0 Å². The molecule has 0 rings (SSSR count). The van der Waals surface area contributed by atoms with E-state index in [1.807, 2.05) is 0 Å². The standard InChI is InChI=1S/C15H33N.C14H33N2.C14H32N2.C5H13N.6ClH/c1-4-6-7-8-9-10-11-12-13-16-14-15(3)5-2;1-6-14(2)13-15-11-9-7-8-10-12-16(3,4)5;1-6-12(3)8-15-10-14(5)11-16-9-13(4)7-2;1-3-5(2)4-6;;;;;;/h15-16H,4-14H2,1-3H3;14-15H,6-13H2,1-5H3;12-16H,6-11H2,1-5H3;5H,3-4,6H2,1-2H3;6*1H/q;+1;;;;;;;;/p-1. The highest BCUT2D eigenvalue weighted by molar-refractivity contribution is 4.49. The minimum atomic E-state index is 0. The second kappa shape index (κ2) is 67.1. The van der Waals surface area contributed by atoms with E-state index in [4.69, 9.17) is 0 Å². The fourth-order valence-electron chi connectivity index (χ4n) is 5.75. The van der Waals surface area contributed by atoms with Gasteiger partial charge in [-0.1, -0.05) is 122 Å². The lowest BCUT2D eigenvalue weighted by Crippen LogP contribution is -3.00. The van der Waals surface area contributed by atoms with Crippen molar-refractivity contribution in [2.24, 2.45) is 35.5 Å². The van der Waals surface area contributed by atoms with Gasteiger partial charge in [-0.15, -0.1) is 0 Å². The third-order valence-electron chi connectivity index (χ3n) is 11.6. The van der Waals surface area contributed by atoms with Gasteiger partial charge in [0.15, 0.2) is 0 Å². The Morgan fingerprint density at radius 2 is 0.617 bits per heavy atom. The van der Waals surface area contributed by atoms with Gasteiger partial charge in [-0.25, -0.2) is 0 Å². The number of nitrogens with zero attached hydrogens (tertiary/aromatic N) is 1. The van der Waals surface area contributed by atoms with E-state index in [1.165, 1.54) is 168 Å². The summed E-state index contributed by atoms with van der Waals surface area (Å²) >= 11 is 0. The molecule has 0 aliphatic rings. The first-order valence-electron chi connectivity index (χ1n) is 24.5. The largest absolute Gasteiger partial charge is 1.00 e. The predicted octanol–water partition coefficient (Wildman–Crippen LogP) is -11.3. The van der Waals surface area contributed by atoms with Crippen molar-refractivity contribution in [3.8, 4) is 0 Å². The maximum Gasteiger partial charge on any atom is 0.0835 e. The zero-order chi connectivity index (χ0) is 41.9. The van der Waals surface area contributed by atoms with Gasteiger partial charge in [0.05, 0.1) is 92.5 Å². The van der Waals surface area contributed by atoms with Crippen LogP contribution < -0.4 is 101 Å². The third kappa shape index (κ3) is 83.1. The number of rotatable bonds is 34. The van der Waals surface area contributed by atoms with Crippen molar-refractivity contribution < 1.29 is 106 Å². The molecule has 0 aliphatic heterocycles. The molecule has 5 unspecified atom stereocenters. The Bertz CT molecular complexity index is 662. The van der Waals surface area contributed by atoms with Crippen molar-refractivity contribution in [1.29, 1.82) is 0 Å². The lowest BCUT2D eigenvalue weighted by Gasteiger charge is -2.23. The highest BCUT2D eigenvalue weighted by Gasteiger charge is 2.09. The molecule has 380 valence electrons. The Morgan fingerprint density at radius 3 is 0.883 bits per heavy atom. The van der Waals surface area contributed by atoms with Crippen molar-refractivity contribution >= 4 is 0 Å². The number of nitrogens with two attached hydrogens (primary N) is 4. The minimum Gasteiger partial charge on any atom is -1.00 e. The summed E-state index contributed by atoms with van der Waals surface area (Å²) in [7, 11) is 6.83. The zero-order valence-corrected chi connectivity index (χ0v) is 47.8. The fraction of sp³-hybridized carbons (Fsp3) is 1.00. The van der Waals surface area contributed by atoms with Crippen LogP contribution in [-0.4, -0.2) is 91.1 Å². The molecule has 0 aromatic rings. The van der Waals surface area contributed by atoms with Gasteiger partial charge in [-0.05, 0) is 70.6 Å². The lowest BCUT2D eigenvalue weighted by molar-refractivity contribution is -0.870. The summed E-state index contributed by atoms with van der Waals surface area (Å²) in [5, 5.41) is 9.99. The van der Waals surface area contributed by atoms with Crippen LogP contribution in [-0.2, 0) is 0 Å². The lowest BCUT2D eigenvalue weighted by atomic mass is 10.1. The molecule has 0 saturated heterocycles. The number of unbranched alkanes of at least 4 members (excludes halogenated alkanes) is 10. The van der Waals surface area contributed by atoms with Crippen molar-refractivity contribution in [3.05, 3.63) is 0 Å². The summed E-state index contributed by atoms with van der Waals surface area (Å²) < 4.78 is 1.11. The van der Waals surface area contributed by atoms with E-state index in [-0.39, 0.29) is 74.4 Å². The van der Waals surface area contributed by atoms with E-state index in [2.05, 4.69) is 131 Å². The van der Waals surface area contributed by atoms with Crippen LogP contribution in [0, 0.1) is 35.5 Å². The van der Waals surface area contributed by atoms with Gasteiger partial charge in [0.25, 0.3) is 0 Å². The van der Waals surface area contributed by atoms with E-state index < -0.39 is 0 Å². The Balaban J connectivity index is -0.0000000697. The summed E-state index contributed by atoms with van der Waals surface area (Å²) in [4.78, 5) is 0. The first kappa shape index (κ1) is 84.9. The highest BCUT2D eigenvalue weighted by atomic mass is 35.5. The van der Waals surface area contributed by atoms with Crippen LogP contribution in [0.5, 0.6) is 0 Å². The van der Waals surface area contributed by atoms with E-state index in [9.17, 15) is 0 Å². The molecular formula is C48H116Cl6N6. The summed E-state index contributed by atoms with van der Waals surface area (Å²) in [6.07, 6.45) is 23.6. The van der Waals surface area contributed by atoms with Gasteiger partial charge < -0.3 is 106 Å². The Kier molecular flexibility index (Phi) is 94.9. The molecule has 0 spiro atoms. The summed E-state index contributed by atoms with van der Waals surface area (Å²) in [5.74, 6) is 5.19. The molecule has 5 atom stereocenters. The van der Waals surface area contributed by atoms with Crippen LogP contribution in [0.4, 0.5) is 0 Å². The number of hydrogen-bond acceptors (Lipinski definition) is 0. The molecule has 0 bridgehead atoms. The first-order valence-corrected chi connectivity index (χ1v) is 24.5. The zero-order valence-electron chi connectivity index (χ0n) is 43.3. The summed E-state index contributed by atoms with van der Waals surface area (Å²) in [5.41, 5.74) is 3.76. The summed E-state index contributed by atoms with van der Waals surface area (Å²) in [6, 6.07) is 0. The average molecular weight is 990 g/mol. The van der Waals surface area contributed by atoms with E-state index in [0.717, 1.165) is 46.5 Å².